The van der Waals surface area contributed by atoms with E-state index in [4.69, 9.17) is 5.11 Å². The fourth-order valence-corrected chi connectivity index (χ4v) is 2.45. The Bertz CT molecular complexity index is 576. The largest absolute Gasteiger partial charge is 0.479 e. The Labute approximate surface area is 111 Å². The molecule has 0 fully saturated rings. The highest BCUT2D eigenvalue weighted by Gasteiger charge is 2.32. The summed E-state index contributed by atoms with van der Waals surface area (Å²) in [5.41, 5.74) is -2.17. The highest BCUT2D eigenvalue weighted by molar-refractivity contribution is 7.89. The highest BCUT2D eigenvalue weighted by Crippen LogP contribution is 2.10. The molecule has 1 aromatic heterocycles. The molecule has 0 aromatic carbocycles. The molecule has 0 spiro atoms. The third-order valence-corrected chi connectivity index (χ3v) is 3.91. The molecule has 0 saturated carbocycles. The van der Waals surface area contributed by atoms with Gasteiger partial charge in [-0.15, -0.1) is 0 Å². The van der Waals surface area contributed by atoms with E-state index in [1.807, 2.05) is 11.6 Å². The van der Waals surface area contributed by atoms with E-state index < -0.39 is 28.1 Å². The lowest BCUT2D eigenvalue weighted by molar-refractivity contribution is -0.155. The van der Waals surface area contributed by atoms with Crippen LogP contribution in [0.25, 0.3) is 0 Å². The molecule has 1 rings (SSSR count). The van der Waals surface area contributed by atoms with E-state index >= 15 is 0 Å². The van der Waals surface area contributed by atoms with E-state index in [2.05, 4.69) is 4.98 Å². The number of hydrogen-bond donors (Lipinski definition) is 3. The summed E-state index contributed by atoms with van der Waals surface area (Å²) in [6, 6.07) is 0. The van der Waals surface area contributed by atoms with E-state index in [-0.39, 0.29) is 5.03 Å². The van der Waals surface area contributed by atoms with Crippen LogP contribution in [0.2, 0.25) is 0 Å². The number of aliphatic carboxylic acids is 1. The molecular weight excluding hydrogens is 274 g/mol. The van der Waals surface area contributed by atoms with Crippen LogP contribution in [0.1, 0.15) is 19.7 Å². The lowest BCUT2D eigenvalue weighted by Crippen LogP contribution is -2.46. The average molecular weight is 291 g/mol. The molecule has 0 aliphatic rings. The molecule has 1 heterocycles. The van der Waals surface area contributed by atoms with E-state index in [9.17, 15) is 18.3 Å². The number of imidazole rings is 1. The van der Waals surface area contributed by atoms with Crippen molar-refractivity contribution in [1.82, 2.24) is 14.3 Å². The maximum Gasteiger partial charge on any atom is 0.336 e. The van der Waals surface area contributed by atoms with Crippen LogP contribution in [0.5, 0.6) is 0 Å². The number of aryl methyl sites for hydroxylation is 2. The molecule has 8 nitrogen and oxygen atoms in total. The second-order valence-corrected chi connectivity index (χ2v) is 6.03. The Morgan fingerprint density at radius 2 is 2.16 bits per heavy atom. The van der Waals surface area contributed by atoms with Crippen LogP contribution in [-0.4, -0.2) is 46.3 Å². The third kappa shape index (κ3) is 3.52. The standard InChI is InChI=1S/C10H17N3O5S/c1-4-13-5-8(12-7(13)2)19(17,18)11-6-10(3,16)9(14)15/h5,11,16H,4,6H2,1-3H3,(H,14,15). The van der Waals surface area contributed by atoms with Crippen molar-refractivity contribution in [2.45, 2.75) is 37.9 Å². The molecule has 9 heteroatoms. The van der Waals surface area contributed by atoms with Crippen molar-refractivity contribution in [3.05, 3.63) is 12.0 Å². The number of hydrogen-bond acceptors (Lipinski definition) is 5. The minimum absolute atomic E-state index is 0.201. The second-order valence-electron chi connectivity index (χ2n) is 4.32. The molecular formula is C10H17N3O5S. The van der Waals surface area contributed by atoms with Crippen LogP contribution in [0, 0.1) is 6.92 Å². The molecule has 1 atom stereocenters. The van der Waals surface area contributed by atoms with Gasteiger partial charge >= 0.3 is 5.97 Å². The first-order valence-corrected chi connectivity index (χ1v) is 7.07. The number of carbonyl (C=O) groups is 1. The summed E-state index contributed by atoms with van der Waals surface area (Å²) in [7, 11) is -3.94. The molecule has 1 unspecified atom stereocenters. The number of rotatable bonds is 6. The Kier molecular flexibility index (Phi) is 4.33. The molecule has 108 valence electrons. The number of aromatic nitrogens is 2. The molecule has 0 saturated heterocycles. The number of sulfonamides is 1. The van der Waals surface area contributed by atoms with Crippen LogP contribution < -0.4 is 4.72 Å². The van der Waals surface area contributed by atoms with E-state index in [1.165, 1.54) is 6.20 Å². The Morgan fingerprint density at radius 3 is 2.58 bits per heavy atom. The van der Waals surface area contributed by atoms with Gasteiger partial charge in [0.2, 0.25) is 0 Å². The van der Waals surface area contributed by atoms with Crippen LogP contribution in [0.3, 0.4) is 0 Å². The maximum atomic E-state index is 11.9. The Balaban J connectivity index is 2.90. The number of carboxylic acid groups (broad SMARTS) is 1. The first-order valence-electron chi connectivity index (χ1n) is 5.59. The Morgan fingerprint density at radius 1 is 1.58 bits per heavy atom. The molecule has 0 bridgehead atoms. The highest BCUT2D eigenvalue weighted by atomic mass is 32.2. The SMILES string of the molecule is CCn1cc(S(=O)(=O)NCC(C)(O)C(=O)O)nc1C. The van der Waals surface area contributed by atoms with E-state index in [0.29, 0.717) is 12.4 Å². The van der Waals surface area contributed by atoms with Crippen molar-refractivity contribution in [3.8, 4) is 0 Å². The Hall–Kier alpha value is -1.45. The molecule has 0 radical (unpaired) electrons. The monoisotopic (exact) mass is 291 g/mol. The lowest BCUT2D eigenvalue weighted by Gasteiger charge is -2.17. The van der Waals surface area contributed by atoms with Gasteiger partial charge in [0.05, 0.1) is 6.54 Å². The zero-order valence-corrected chi connectivity index (χ0v) is 11.7. The smallest absolute Gasteiger partial charge is 0.336 e. The van der Waals surface area contributed by atoms with Crippen LogP contribution in [-0.2, 0) is 21.4 Å². The number of aliphatic hydroxyl groups is 1. The number of nitrogens with one attached hydrogen (secondary N) is 1. The summed E-state index contributed by atoms with van der Waals surface area (Å²) in [5, 5.41) is 17.9. The zero-order valence-electron chi connectivity index (χ0n) is 10.9. The van der Waals surface area contributed by atoms with E-state index in [1.54, 1.807) is 11.5 Å². The summed E-state index contributed by atoms with van der Waals surface area (Å²) < 4.78 is 27.5. The van der Waals surface area contributed by atoms with Crippen molar-refractivity contribution < 1.29 is 23.4 Å². The molecule has 0 aliphatic heterocycles. The van der Waals surface area contributed by atoms with Gasteiger partial charge in [0.25, 0.3) is 10.0 Å². The molecule has 3 N–H and O–H groups in total. The molecule has 19 heavy (non-hydrogen) atoms. The maximum absolute atomic E-state index is 11.9. The van der Waals surface area contributed by atoms with Gasteiger partial charge < -0.3 is 14.8 Å². The van der Waals surface area contributed by atoms with Gasteiger partial charge in [-0.05, 0) is 20.8 Å². The van der Waals surface area contributed by atoms with Crippen LogP contribution in [0.15, 0.2) is 11.2 Å². The van der Waals surface area contributed by atoms with Gasteiger partial charge in [0.1, 0.15) is 5.82 Å². The quantitative estimate of drug-likeness (QED) is 0.638. The zero-order chi connectivity index (χ0) is 14.8. The summed E-state index contributed by atoms with van der Waals surface area (Å²) in [5.74, 6) is -0.974. The van der Waals surface area contributed by atoms with Crippen molar-refractivity contribution >= 4 is 16.0 Å². The van der Waals surface area contributed by atoms with Crippen molar-refractivity contribution in [3.63, 3.8) is 0 Å². The van der Waals surface area contributed by atoms with Gasteiger partial charge in [-0.1, -0.05) is 0 Å². The number of nitrogens with zero attached hydrogens (tertiary/aromatic N) is 2. The summed E-state index contributed by atoms with van der Waals surface area (Å²) in [4.78, 5) is 14.6. The molecule has 1 aromatic rings. The molecule has 0 amide bonds. The van der Waals surface area contributed by atoms with Gasteiger partial charge in [0, 0.05) is 12.7 Å². The third-order valence-electron chi connectivity index (χ3n) is 2.64. The van der Waals surface area contributed by atoms with Gasteiger partial charge in [-0.25, -0.2) is 22.9 Å². The summed E-state index contributed by atoms with van der Waals surface area (Å²) >= 11 is 0. The minimum atomic E-state index is -3.94. The normalized spacial score (nSPS) is 15.2. The predicted molar refractivity (Wildman–Crippen MR) is 66.1 cm³/mol. The topological polar surface area (TPSA) is 122 Å². The van der Waals surface area contributed by atoms with Crippen molar-refractivity contribution in [2.24, 2.45) is 0 Å². The molecule has 0 aliphatic carbocycles. The predicted octanol–water partition coefficient (Wildman–Crippen LogP) is -0.675. The number of carboxylic acids is 1. The lowest BCUT2D eigenvalue weighted by atomic mass is 10.1. The van der Waals surface area contributed by atoms with Crippen molar-refractivity contribution in [1.29, 1.82) is 0 Å². The average Bonchev–Trinajstić information content (AvgIpc) is 2.69. The summed E-state index contributed by atoms with van der Waals surface area (Å²) in [6.45, 7) is 4.45. The van der Waals surface area contributed by atoms with Crippen LogP contribution in [0.4, 0.5) is 0 Å². The first kappa shape index (κ1) is 15.6. The summed E-state index contributed by atoms with van der Waals surface area (Å²) in [6.07, 6.45) is 1.35. The fourth-order valence-electron chi connectivity index (χ4n) is 1.31. The van der Waals surface area contributed by atoms with E-state index in [0.717, 1.165) is 6.92 Å². The van der Waals surface area contributed by atoms with Gasteiger partial charge in [-0.2, -0.15) is 0 Å². The minimum Gasteiger partial charge on any atom is -0.479 e. The van der Waals surface area contributed by atoms with Crippen molar-refractivity contribution in [2.75, 3.05) is 6.54 Å². The van der Waals surface area contributed by atoms with Gasteiger partial charge in [0.15, 0.2) is 10.6 Å². The fraction of sp³-hybridized carbons (Fsp3) is 0.600. The van der Waals surface area contributed by atoms with Crippen LogP contribution >= 0.6 is 0 Å². The second kappa shape index (κ2) is 5.27. The van der Waals surface area contributed by atoms with Gasteiger partial charge in [-0.3, -0.25) is 0 Å². The first-order chi connectivity index (χ1) is 8.60.